The molecule has 0 aromatic heterocycles. The summed E-state index contributed by atoms with van der Waals surface area (Å²) in [7, 11) is 0. The molecule has 2 saturated heterocycles. The van der Waals surface area contributed by atoms with E-state index < -0.39 is 86.5 Å². The number of rotatable bonds is 12. The van der Waals surface area contributed by atoms with Crippen molar-refractivity contribution in [1.82, 2.24) is 0 Å². The van der Waals surface area contributed by atoms with E-state index in [0.29, 0.717) is 6.42 Å². The number of ketones is 1. The van der Waals surface area contributed by atoms with Crippen LogP contribution < -0.4 is 0 Å². The van der Waals surface area contributed by atoms with E-state index in [-0.39, 0.29) is 6.61 Å². The van der Waals surface area contributed by atoms with Gasteiger partial charge in [0.15, 0.2) is 0 Å². The lowest BCUT2D eigenvalue weighted by Crippen LogP contribution is -2.72. The Hall–Kier alpha value is -0.810. The molecule has 2 rings (SSSR count). The second-order valence-electron chi connectivity index (χ2n) is 7.96. The fraction of sp³-hybridized carbons (Fsp3) is 0.947. The van der Waals surface area contributed by atoms with Crippen molar-refractivity contribution in [3.63, 3.8) is 0 Å². The van der Waals surface area contributed by atoms with E-state index in [1.54, 1.807) is 0 Å². The second kappa shape index (κ2) is 11.6. The quantitative estimate of drug-likeness (QED) is 0.127. The van der Waals surface area contributed by atoms with Crippen molar-refractivity contribution in [2.24, 2.45) is 0 Å². The van der Waals surface area contributed by atoms with Gasteiger partial charge >= 0.3 is 0 Å². The molecule has 2 aliphatic heterocycles. The van der Waals surface area contributed by atoms with Crippen LogP contribution in [0, 0.1) is 0 Å². The lowest BCUT2D eigenvalue weighted by Gasteiger charge is -2.49. The Bertz CT molecular complexity index is 604. The molecule has 2 aliphatic rings. The van der Waals surface area contributed by atoms with Gasteiger partial charge in [0.05, 0.1) is 13.2 Å². The number of unbranched alkanes of at least 4 members (excludes halogenated alkanes) is 2. The number of aliphatic hydroxyl groups is 8. The van der Waals surface area contributed by atoms with E-state index in [0.717, 1.165) is 12.8 Å². The fourth-order valence-corrected chi connectivity index (χ4v) is 3.74. The summed E-state index contributed by atoms with van der Waals surface area (Å²) < 4.78 is 21.5. The monoisotopic (exact) mass is 470 g/mol. The standard InChI is InChI=1S/C19H34O13/c1-2-3-4-5-29-8-12(23)19(17(28)15(26)13(24)10(6-20)31-19)32-18(9-22)16(27)14(25)11(7-21)30-18/h10-11,13-17,20-22,24-28H,2-9H2,1H3/t10-,11-,13-,14-,15+,16+,17-,18?,19+/m1/s1. The van der Waals surface area contributed by atoms with Crippen LogP contribution in [0.2, 0.25) is 0 Å². The molecule has 1 unspecified atom stereocenters. The molecule has 188 valence electrons. The number of carbonyl (C=O) groups is 1. The summed E-state index contributed by atoms with van der Waals surface area (Å²) >= 11 is 0. The minimum Gasteiger partial charge on any atom is -0.394 e. The lowest BCUT2D eigenvalue weighted by molar-refractivity contribution is -0.416. The molecule has 13 heteroatoms. The van der Waals surface area contributed by atoms with Gasteiger partial charge in [0.1, 0.15) is 55.9 Å². The van der Waals surface area contributed by atoms with Gasteiger partial charge in [-0.1, -0.05) is 19.8 Å². The predicted octanol–water partition coefficient (Wildman–Crippen LogP) is -4.25. The molecule has 9 atom stereocenters. The predicted molar refractivity (Wildman–Crippen MR) is 103 cm³/mol. The van der Waals surface area contributed by atoms with Crippen LogP contribution in [0.5, 0.6) is 0 Å². The molecule has 0 aromatic rings. The smallest absolute Gasteiger partial charge is 0.264 e. The van der Waals surface area contributed by atoms with Crippen molar-refractivity contribution in [1.29, 1.82) is 0 Å². The Morgan fingerprint density at radius 3 is 2.03 bits per heavy atom. The van der Waals surface area contributed by atoms with Crippen molar-refractivity contribution in [3.05, 3.63) is 0 Å². The highest BCUT2D eigenvalue weighted by Gasteiger charge is 2.66. The first-order valence-corrected chi connectivity index (χ1v) is 10.5. The van der Waals surface area contributed by atoms with E-state index in [2.05, 4.69) is 0 Å². The van der Waals surface area contributed by atoms with E-state index >= 15 is 0 Å². The fourth-order valence-electron chi connectivity index (χ4n) is 3.74. The van der Waals surface area contributed by atoms with Crippen LogP contribution in [-0.4, -0.2) is 134 Å². The largest absolute Gasteiger partial charge is 0.394 e. The van der Waals surface area contributed by atoms with Crippen LogP contribution >= 0.6 is 0 Å². The molecule has 0 amide bonds. The number of ether oxygens (including phenoxy) is 4. The summed E-state index contributed by atoms with van der Waals surface area (Å²) in [6.07, 6.45) is -10.5. The Kier molecular flexibility index (Phi) is 9.90. The minimum absolute atomic E-state index is 0.177. The Morgan fingerprint density at radius 2 is 1.50 bits per heavy atom. The molecule has 0 aliphatic carbocycles. The minimum atomic E-state index is -2.87. The van der Waals surface area contributed by atoms with Gasteiger partial charge in [0.2, 0.25) is 11.6 Å². The molecule has 2 fully saturated rings. The summed E-state index contributed by atoms with van der Waals surface area (Å²) in [5.41, 5.74) is 0. The van der Waals surface area contributed by atoms with Gasteiger partial charge in [0.25, 0.3) is 5.79 Å². The molecule has 0 aromatic carbocycles. The molecular formula is C19H34O13. The highest BCUT2D eigenvalue weighted by molar-refractivity contribution is 5.88. The third-order valence-electron chi connectivity index (χ3n) is 5.69. The van der Waals surface area contributed by atoms with Crippen LogP contribution in [0.3, 0.4) is 0 Å². The molecular weight excluding hydrogens is 436 g/mol. The van der Waals surface area contributed by atoms with Crippen molar-refractivity contribution < 1.29 is 64.6 Å². The number of carbonyl (C=O) groups excluding carboxylic acids is 1. The summed E-state index contributed by atoms with van der Waals surface area (Å²) in [5.74, 6) is -6.53. The average molecular weight is 470 g/mol. The lowest BCUT2D eigenvalue weighted by atomic mass is 9.89. The number of Topliss-reactive ketones (excluding diaryl/α,β-unsaturated/α-hetero) is 1. The Labute approximate surface area is 184 Å². The molecule has 0 saturated carbocycles. The molecule has 32 heavy (non-hydrogen) atoms. The molecule has 0 bridgehead atoms. The summed E-state index contributed by atoms with van der Waals surface area (Å²) in [6.45, 7) is -1.38. The van der Waals surface area contributed by atoms with Crippen LogP contribution in [0.15, 0.2) is 0 Å². The summed E-state index contributed by atoms with van der Waals surface area (Å²) in [4.78, 5) is 13.1. The van der Waals surface area contributed by atoms with Crippen LogP contribution in [0.25, 0.3) is 0 Å². The molecule has 2 heterocycles. The highest BCUT2D eigenvalue weighted by atomic mass is 16.8. The zero-order valence-electron chi connectivity index (χ0n) is 17.8. The third kappa shape index (κ3) is 5.14. The van der Waals surface area contributed by atoms with Crippen molar-refractivity contribution in [2.45, 2.75) is 80.5 Å². The van der Waals surface area contributed by atoms with Gasteiger partial charge in [-0.15, -0.1) is 0 Å². The van der Waals surface area contributed by atoms with Crippen LogP contribution in [0.4, 0.5) is 0 Å². The maximum absolute atomic E-state index is 13.1. The van der Waals surface area contributed by atoms with Gasteiger partial charge in [-0.25, -0.2) is 0 Å². The van der Waals surface area contributed by atoms with Gasteiger partial charge in [-0.3, -0.25) is 4.79 Å². The first kappa shape index (κ1) is 27.4. The van der Waals surface area contributed by atoms with E-state index in [9.17, 15) is 45.6 Å². The van der Waals surface area contributed by atoms with Gasteiger partial charge < -0.3 is 59.8 Å². The third-order valence-corrected chi connectivity index (χ3v) is 5.69. The van der Waals surface area contributed by atoms with E-state index in [1.807, 2.05) is 6.92 Å². The first-order chi connectivity index (χ1) is 15.1. The normalized spacial score (nSPS) is 42.3. The van der Waals surface area contributed by atoms with Crippen molar-refractivity contribution in [3.8, 4) is 0 Å². The Balaban J connectivity index is 2.38. The average Bonchev–Trinajstić information content (AvgIpc) is 3.04. The number of hydrogen-bond donors (Lipinski definition) is 8. The second-order valence-corrected chi connectivity index (χ2v) is 7.96. The molecule has 0 spiro atoms. The van der Waals surface area contributed by atoms with Crippen molar-refractivity contribution >= 4 is 5.78 Å². The topological polar surface area (TPSA) is 216 Å². The van der Waals surface area contributed by atoms with E-state index in [1.165, 1.54) is 0 Å². The van der Waals surface area contributed by atoms with Gasteiger partial charge in [0, 0.05) is 6.61 Å². The number of hydrogen-bond acceptors (Lipinski definition) is 13. The molecule has 13 nitrogen and oxygen atoms in total. The zero-order chi connectivity index (χ0) is 24.1. The molecule has 0 radical (unpaired) electrons. The SMILES string of the molecule is CCCCCOCC(=O)[C@@]1(OC2(CO)O[C@H](CO)[C@@H](O)[C@@H]2O)O[C@H](CO)[C@@H](O)[C@H](O)[C@H]1O. The first-order valence-electron chi connectivity index (χ1n) is 10.5. The highest BCUT2D eigenvalue weighted by Crippen LogP contribution is 2.41. The van der Waals surface area contributed by atoms with Crippen LogP contribution in [-0.2, 0) is 23.7 Å². The van der Waals surface area contributed by atoms with Crippen molar-refractivity contribution in [2.75, 3.05) is 33.0 Å². The van der Waals surface area contributed by atoms with E-state index in [4.69, 9.17) is 18.9 Å². The van der Waals surface area contributed by atoms with Crippen LogP contribution in [0.1, 0.15) is 26.2 Å². The van der Waals surface area contributed by atoms with Gasteiger partial charge in [-0.2, -0.15) is 0 Å². The maximum Gasteiger partial charge on any atom is 0.264 e. The van der Waals surface area contributed by atoms with Gasteiger partial charge in [-0.05, 0) is 6.42 Å². The number of aliphatic hydroxyl groups excluding tert-OH is 8. The zero-order valence-corrected chi connectivity index (χ0v) is 17.8. The molecule has 8 N–H and O–H groups in total. The summed E-state index contributed by atoms with van der Waals surface area (Å²) in [5, 5.41) is 80.3. The Morgan fingerprint density at radius 1 is 0.875 bits per heavy atom. The maximum atomic E-state index is 13.1. The summed E-state index contributed by atoms with van der Waals surface area (Å²) in [6, 6.07) is 0.